The van der Waals surface area contributed by atoms with Crippen molar-refractivity contribution in [2.24, 2.45) is 5.92 Å². The Balaban J connectivity index is 1.78. The highest BCUT2D eigenvalue weighted by molar-refractivity contribution is 5.88. The van der Waals surface area contributed by atoms with Crippen molar-refractivity contribution in [3.05, 3.63) is 31.2 Å². The zero-order valence-electron chi connectivity index (χ0n) is 13.6. The molecule has 3 rings (SSSR count). The van der Waals surface area contributed by atoms with E-state index in [9.17, 15) is 4.79 Å². The van der Waals surface area contributed by atoms with Gasteiger partial charge in [0.25, 0.3) is 0 Å². The second-order valence-corrected chi connectivity index (χ2v) is 6.39. The van der Waals surface area contributed by atoms with Crippen LogP contribution in [0.2, 0.25) is 0 Å². The van der Waals surface area contributed by atoms with Crippen molar-refractivity contribution >= 4 is 22.8 Å². The number of piperidine rings is 1. The molecule has 2 aromatic heterocycles. The smallest absolute Gasteiger partial charge is 0.246 e. The number of H-pyrrole nitrogens is 1. The standard InChI is InChI=1S/C17H23N5O/c1-4-15(23)22-9-12(5-6-14(22)11(2)3)21-17-13-7-8-18-16(13)19-10-20-17/h4,7-8,10-12,14H,1,5-6,9H2,2-3H3,(H2,18,19,20,21). The number of carbonyl (C=O) groups is 1. The number of fused-ring (bicyclic) bond motifs is 1. The second-order valence-electron chi connectivity index (χ2n) is 6.39. The Morgan fingerprint density at radius 2 is 2.30 bits per heavy atom. The second kappa shape index (κ2) is 6.40. The molecular weight excluding hydrogens is 290 g/mol. The van der Waals surface area contributed by atoms with E-state index in [2.05, 4.69) is 40.7 Å². The fraction of sp³-hybridized carbons (Fsp3) is 0.471. The summed E-state index contributed by atoms with van der Waals surface area (Å²) in [6.07, 6.45) is 6.81. The number of nitrogens with one attached hydrogen (secondary N) is 2. The first kappa shape index (κ1) is 15.5. The van der Waals surface area contributed by atoms with E-state index in [1.165, 1.54) is 6.08 Å². The molecule has 1 fully saturated rings. The minimum Gasteiger partial charge on any atom is -0.365 e. The van der Waals surface area contributed by atoms with Crippen LogP contribution in [0.3, 0.4) is 0 Å². The first-order valence-electron chi connectivity index (χ1n) is 8.07. The van der Waals surface area contributed by atoms with Gasteiger partial charge in [-0.1, -0.05) is 20.4 Å². The first-order valence-corrected chi connectivity index (χ1v) is 8.07. The van der Waals surface area contributed by atoms with Crippen LogP contribution in [0.1, 0.15) is 26.7 Å². The highest BCUT2D eigenvalue weighted by Gasteiger charge is 2.32. The minimum atomic E-state index is 0.00433. The number of aromatic nitrogens is 3. The third kappa shape index (κ3) is 3.06. The Kier molecular flexibility index (Phi) is 4.32. The summed E-state index contributed by atoms with van der Waals surface area (Å²) in [5, 5.41) is 4.45. The van der Waals surface area contributed by atoms with Gasteiger partial charge < -0.3 is 15.2 Å². The molecule has 2 N–H and O–H groups in total. The summed E-state index contributed by atoms with van der Waals surface area (Å²) in [6, 6.07) is 2.42. The largest absolute Gasteiger partial charge is 0.365 e. The monoisotopic (exact) mass is 313 g/mol. The third-order valence-electron chi connectivity index (χ3n) is 4.55. The van der Waals surface area contributed by atoms with Crippen molar-refractivity contribution < 1.29 is 4.79 Å². The molecule has 1 aliphatic rings. The molecule has 0 radical (unpaired) electrons. The maximum absolute atomic E-state index is 12.2. The fourth-order valence-corrected chi connectivity index (χ4v) is 3.35. The lowest BCUT2D eigenvalue weighted by Crippen LogP contribution is -2.52. The number of hydrogen-bond donors (Lipinski definition) is 2. The molecule has 0 aliphatic carbocycles. The van der Waals surface area contributed by atoms with E-state index in [1.54, 1.807) is 6.33 Å². The van der Waals surface area contributed by atoms with Gasteiger partial charge in [0.15, 0.2) is 0 Å². The van der Waals surface area contributed by atoms with Crippen molar-refractivity contribution in [2.45, 2.75) is 38.8 Å². The van der Waals surface area contributed by atoms with Crippen LogP contribution >= 0.6 is 0 Å². The number of carbonyl (C=O) groups excluding carboxylic acids is 1. The van der Waals surface area contributed by atoms with Crippen LogP contribution in [0.5, 0.6) is 0 Å². The lowest BCUT2D eigenvalue weighted by Gasteiger charge is -2.41. The maximum Gasteiger partial charge on any atom is 0.246 e. The van der Waals surface area contributed by atoms with Crippen molar-refractivity contribution in [1.29, 1.82) is 0 Å². The number of hydrogen-bond acceptors (Lipinski definition) is 4. The molecule has 0 saturated carbocycles. The van der Waals surface area contributed by atoms with Crippen molar-refractivity contribution in [3.8, 4) is 0 Å². The van der Waals surface area contributed by atoms with E-state index >= 15 is 0 Å². The van der Waals surface area contributed by atoms with E-state index in [0.29, 0.717) is 12.5 Å². The molecule has 6 heteroatoms. The number of anilines is 1. The van der Waals surface area contributed by atoms with Crippen LogP contribution in [0.15, 0.2) is 31.2 Å². The fourth-order valence-electron chi connectivity index (χ4n) is 3.35. The minimum absolute atomic E-state index is 0.00433. The molecule has 0 spiro atoms. The van der Waals surface area contributed by atoms with Gasteiger partial charge in [-0.3, -0.25) is 4.79 Å². The van der Waals surface area contributed by atoms with E-state index in [4.69, 9.17) is 0 Å². The third-order valence-corrected chi connectivity index (χ3v) is 4.55. The molecule has 6 nitrogen and oxygen atoms in total. The van der Waals surface area contributed by atoms with Crippen molar-refractivity contribution in [2.75, 3.05) is 11.9 Å². The molecule has 1 saturated heterocycles. The number of aromatic amines is 1. The van der Waals surface area contributed by atoms with Crippen LogP contribution in [0.4, 0.5) is 5.82 Å². The molecule has 2 atom stereocenters. The molecule has 1 amide bonds. The van der Waals surface area contributed by atoms with Crippen LogP contribution < -0.4 is 5.32 Å². The predicted molar refractivity (Wildman–Crippen MR) is 91.1 cm³/mol. The zero-order chi connectivity index (χ0) is 16.4. The maximum atomic E-state index is 12.2. The van der Waals surface area contributed by atoms with Gasteiger partial charge in [0.05, 0.1) is 5.39 Å². The number of amides is 1. The van der Waals surface area contributed by atoms with Gasteiger partial charge in [0.1, 0.15) is 17.8 Å². The van der Waals surface area contributed by atoms with Gasteiger partial charge in [-0.15, -0.1) is 0 Å². The van der Waals surface area contributed by atoms with Crippen LogP contribution in [0, 0.1) is 5.92 Å². The normalized spacial score (nSPS) is 21.6. The van der Waals surface area contributed by atoms with Gasteiger partial charge >= 0.3 is 0 Å². The average Bonchev–Trinajstić information content (AvgIpc) is 3.03. The van der Waals surface area contributed by atoms with Gasteiger partial charge in [-0.2, -0.15) is 0 Å². The number of likely N-dealkylation sites (tertiary alicyclic amines) is 1. The quantitative estimate of drug-likeness (QED) is 0.851. The lowest BCUT2D eigenvalue weighted by atomic mass is 9.90. The Hall–Kier alpha value is -2.37. The molecule has 0 bridgehead atoms. The summed E-state index contributed by atoms with van der Waals surface area (Å²) in [5.41, 5.74) is 0.817. The molecule has 2 unspecified atom stereocenters. The summed E-state index contributed by atoms with van der Waals surface area (Å²) in [4.78, 5) is 25.8. The number of nitrogens with zero attached hydrogens (tertiary/aromatic N) is 3. The van der Waals surface area contributed by atoms with Crippen molar-refractivity contribution in [1.82, 2.24) is 19.9 Å². The average molecular weight is 313 g/mol. The summed E-state index contributed by atoms with van der Waals surface area (Å²) in [7, 11) is 0. The van der Waals surface area contributed by atoms with Gasteiger partial charge in [0, 0.05) is 24.8 Å². The highest BCUT2D eigenvalue weighted by Crippen LogP contribution is 2.27. The van der Waals surface area contributed by atoms with Crippen LogP contribution in [-0.2, 0) is 4.79 Å². The van der Waals surface area contributed by atoms with E-state index in [1.807, 2.05) is 17.2 Å². The van der Waals surface area contributed by atoms with Crippen LogP contribution in [-0.4, -0.2) is 44.4 Å². The van der Waals surface area contributed by atoms with Crippen molar-refractivity contribution in [3.63, 3.8) is 0 Å². The summed E-state index contributed by atoms with van der Waals surface area (Å²) in [6.45, 7) is 8.63. The summed E-state index contributed by atoms with van der Waals surface area (Å²) >= 11 is 0. The molecule has 23 heavy (non-hydrogen) atoms. The molecule has 0 aromatic carbocycles. The molecule has 1 aliphatic heterocycles. The van der Waals surface area contributed by atoms with Gasteiger partial charge in [0.2, 0.25) is 5.91 Å². The van der Waals surface area contributed by atoms with E-state index in [0.717, 1.165) is 29.7 Å². The predicted octanol–water partition coefficient (Wildman–Crippen LogP) is 2.57. The molecule has 2 aromatic rings. The summed E-state index contributed by atoms with van der Waals surface area (Å²) < 4.78 is 0. The Morgan fingerprint density at radius 1 is 1.48 bits per heavy atom. The topological polar surface area (TPSA) is 73.9 Å². The Morgan fingerprint density at radius 3 is 3.04 bits per heavy atom. The lowest BCUT2D eigenvalue weighted by molar-refractivity contribution is -0.130. The highest BCUT2D eigenvalue weighted by atomic mass is 16.2. The first-order chi connectivity index (χ1) is 11.1. The number of rotatable bonds is 4. The SMILES string of the molecule is C=CC(=O)N1CC(Nc2ncnc3[nH]ccc23)CCC1C(C)C. The molecule has 3 heterocycles. The van der Waals surface area contributed by atoms with Crippen LogP contribution in [0.25, 0.3) is 11.0 Å². The Labute approximate surface area is 136 Å². The van der Waals surface area contributed by atoms with E-state index in [-0.39, 0.29) is 18.0 Å². The van der Waals surface area contributed by atoms with Gasteiger partial charge in [-0.25, -0.2) is 9.97 Å². The zero-order valence-corrected chi connectivity index (χ0v) is 13.6. The van der Waals surface area contributed by atoms with Gasteiger partial charge in [-0.05, 0) is 30.9 Å². The molecule has 122 valence electrons. The molecular formula is C17H23N5O. The van der Waals surface area contributed by atoms with E-state index < -0.39 is 0 Å². The summed E-state index contributed by atoms with van der Waals surface area (Å²) in [5.74, 6) is 1.26. The Bertz CT molecular complexity index is 708.